The Morgan fingerprint density at radius 2 is 1.72 bits per heavy atom. The van der Waals surface area contributed by atoms with E-state index in [0.29, 0.717) is 42.1 Å². The third kappa shape index (κ3) is 4.06. The summed E-state index contributed by atoms with van der Waals surface area (Å²) in [7, 11) is 0. The Kier molecular flexibility index (Phi) is 5.17. The van der Waals surface area contributed by atoms with Crippen molar-refractivity contribution in [2.75, 3.05) is 0 Å². The lowest BCUT2D eigenvalue weighted by molar-refractivity contribution is -0.137. The molecule has 1 atom stereocenters. The van der Waals surface area contributed by atoms with Gasteiger partial charge in [-0.3, -0.25) is 34.7 Å². The number of piperidine rings is 1. The van der Waals surface area contributed by atoms with Crippen molar-refractivity contribution in [1.29, 1.82) is 0 Å². The number of rotatable bonds is 3. The molecule has 0 spiro atoms. The van der Waals surface area contributed by atoms with Crippen molar-refractivity contribution in [3.63, 3.8) is 0 Å². The van der Waals surface area contributed by atoms with Crippen LogP contribution in [0.1, 0.15) is 44.7 Å². The number of hydrogen-bond acceptors (Lipinski definition) is 5. The zero-order valence-corrected chi connectivity index (χ0v) is 16.2. The Morgan fingerprint density at radius 1 is 1.00 bits per heavy atom. The summed E-state index contributed by atoms with van der Waals surface area (Å²) in [6, 6.07) is 11.2. The molecule has 2 aromatic carbocycles. The minimum atomic E-state index is -0.525. The number of hydrogen-bond donors (Lipinski definition) is 2. The first-order valence-electron chi connectivity index (χ1n) is 9.21. The molecular weight excluding hydrogens is 394 g/mol. The molecule has 0 aliphatic carbocycles. The largest absolute Gasteiger partial charge is 0.295 e. The quantitative estimate of drug-likeness (QED) is 0.753. The molecule has 4 rings (SSSR count). The van der Waals surface area contributed by atoms with E-state index >= 15 is 0 Å². The van der Waals surface area contributed by atoms with Crippen molar-refractivity contribution >= 4 is 35.2 Å². The molecule has 2 aliphatic rings. The second-order valence-electron chi connectivity index (χ2n) is 7.15. The van der Waals surface area contributed by atoms with Gasteiger partial charge >= 0.3 is 0 Å². The van der Waals surface area contributed by atoms with Crippen LogP contribution in [0.25, 0.3) is 0 Å². The van der Waals surface area contributed by atoms with Gasteiger partial charge in [0, 0.05) is 35.7 Å². The van der Waals surface area contributed by atoms with Crippen LogP contribution in [-0.4, -0.2) is 34.6 Å². The molecule has 1 saturated heterocycles. The fraction of sp³-hybridized carbons (Fsp3) is 0.238. The lowest BCUT2D eigenvalue weighted by Gasteiger charge is -2.29. The summed E-state index contributed by atoms with van der Waals surface area (Å²) in [6.45, 7) is 1.08. The van der Waals surface area contributed by atoms with Crippen molar-refractivity contribution in [2.24, 2.45) is 0 Å². The average molecular weight is 412 g/mol. The maximum atomic E-state index is 12.5. The Hall–Kier alpha value is -3.03. The van der Waals surface area contributed by atoms with Gasteiger partial charge in [0.15, 0.2) is 0 Å². The molecule has 29 heavy (non-hydrogen) atoms. The van der Waals surface area contributed by atoms with Gasteiger partial charge in [0.1, 0.15) is 0 Å². The number of amides is 4. The third-order valence-electron chi connectivity index (χ3n) is 5.18. The minimum absolute atomic E-state index is 0.244. The molecular formula is C21H18ClN3O4. The first-order valence-corrected chi connectivity index (χ1v) is 9.59. The van der Waals surface area contributed by atoms with E-state index in [1.54, 1.807) is 30.3 Å². The Balaban J connectivity index is 1.45. The van der Waals surface area contributed by atoms with Crippen molar-refractivity contribution in [2.45, 2.75) is 32.0 Å². The summed E-state index contributed by atoms with van der Waals surface area (Å²) in [5.74, 6) is -1.55. The SMILES string of the molecule is O=C1CCC(N2Cc3ccc(C(=O)NC(=O)c4cccc(Cl)c4)cc3C2)C(=O)N1. The average Bonchev–Trinajstić information content (AvgIpc) is 3.10. The van der Waals surface area contributed by atoms with Gasteiger partial charge in [-0.2, -0.15) is 0 Å². The molecule has 148 valence electrons. The molecule has 2 aliphatic heterocycles. The van der Waals surface area contributed by atoms with Gasteiger partial charge in [0.05, 0.1) is 6.04 Å². The van der Waals surface area contributed by atoms with E-state index in [0.717, 1.165) is 11.1 Å². The predicted octanol–water partition coefficient (Wildman–Crippen LogP) is 2.03. The van der Waals surface area contributed by atoms with Crippen molar-refractivity contribution in [1.82, 2.24) is 15.5 Å². The zero-order chi connectivity index (χ0) is 20.5. The van der Waals surface area contributed by atoms with E-state index in [9.17, 15) is 19.2 Å². The first kappa shape index (κ1) is 19.3. The van der Waals surface area contributed by atoms with E-state index < -0.39 is 11.8 Å². The van der Waals surface area contributed by atoms with E-state index in [1.807, 2.05) is 11.0 Å². The van der Waals surface area contributed by atoms with Crippen LogP contribution in [0.5, 0.6) is 0 Å². The fourth-order valence-corrected chi connectivity index (χ4v) is 3.88. The molecule has 2 aromatic rings. The monoisotopic (exact) mass is 411 g/mol. The van der Waals surface area contributed by atoms with Crippen LogP contribution in [0.3, 0.4) is 0 Å². The predicted molar refractivity (Wildman–Crippen MR) is 105 cm³/mol. The number of nitrogens with one attached hydrogen (secondary N) is 2. The zero-order valence-electron chi connectivity index (χ0n) is 15.4. The van der Waals surface area contributed by atoms with Gasteiger partial charge in [-0.1, -0.05) is 23.7 Å². The van der Waals surface area contributed by atoms with E-state index in [1.165, 1.54) is 6.07 Å². The second-order valence-corrected chi connectivity index (χ2v) is 7.59. The summed E-state index contributed by atoms with van der Waals surface area (Å²) in [5, 5.41) is 5.15. The number of imide groups is 2. The molecule has 0 saturated carbocycles. The normalized spacial score (nSPS) is 18.9. The summed E-state index contributed by atoms with van der Waals surface area (Å²) < 4.78 is 0. The standard InChI is InChI=1S/C21H18ClN3O4/c22-16-3-1-2-12(9-16)19(27)24-20(28)13-4-5-14-10-25(11-15(14)8-13)17-6-7-18(26)23-21(17)29/h1-5,8-9,17H,6-7,10-11H2,(H,23,26,29)(H,24,27,28). The summed E-state index contributed by atoms with van der Waals surface area (Å²) >= 11 is 5.89. The maximum Gasteiger partial charge on any atom is 0.258 e. The summed E-state index contributed by atoms with van der Waals surface area (Å²) in [6.07, 6.45) is 0.808. The van der Waals surface area contributed by atoms with E-state index in [4.69, 9.17) is 11.6 Å². The highest BCUT2D eigenvalue weighted by atomic mass is 35.5. The molecule has 2 N–H and O–H groups in total. The maximum absolute atomic E-state index is 12.5. The number of carbonyl (C=O) groups is 4. The van der Waals surface area contributed by atoms with Gasteiger partial charge in [0.25, 0.3) is 11.8 Å². The smallest absolute Gasteiger partial charge is 0.258 e. The molecule has 0 radical (unpaired) electrons. The molecule has 1 fully saturated rings. The van der Waals surface area contributed by atoms with Crippen LogP contribution < -0.4 is 10.6 Å². The van der Waals surface area contributed by atoms with Crippen molar-refractivity contribution in [3.8, 4) is 0 Å². The number of halogens is 1. The van der Waals surface area contributed by atoms with Gasteiger partial charge in [-0.15, -0.1) is 0 Å². The molecule has 0 bridgehead atoms. The van der Waals surface area contributed by atoms with Gasteiger partial charge in [-0.25, -0.2) is 0 Å². The third-order valence-corrected chi connectivity index (χ3v) is 5.42. The molecule has 8 heteroatoms. The summed E-state index contributed by atoms with van der Waals surface area (Å²) in [4.78, 5) is 50.2. The fourth-order valence-electron chi connectivity index (χ4n) is 3.69. The molecule has 4 amide bonds. The topological polar surface area (TPSA) is 95.6 Å². The van der Waals surface area contributed by atoms with Crippen LogP contribution in [0.2, 0.25) is 5.02 Å². The highest BCUT2D eigenvalue weighted by Crippen LogP contribution is 2.28. The lowest BCUT2D eigenvalue weighted by atomic mass is 10.0. The minimum Gasteiger partial charge on any atom is -0.295 e. The van der Waals surface area contributed by atoms with E-state index in [2.05, 4.69) is 10.6 Å². The van der Waals surface area contributed by atoms with E-state index in [-0.39, 0.29) is 17.9 Å². The number of nitrogens with zero attached hydrogens (tertiary/aromatic N) is 1. The molecule has 1 unspecified atom stereocenters. The highest BCUT2D eigenvalue weighted by molar-refractivity contribution is 6.31. The highest BCUT2D eigenvalue weighted by Gasteiger charge is 2.34. The van der Waals surface area contributed by atoms with Crippen LogP contribution >= 0.6 is 11.6 Å². The van der Waals surface area contributed by atoms with Gasteiger partial charge in [0.2, 0.25) is 11.8 Å². The second kappa shape index (κ2) is 7.77. The first-order chi connectivity index (χ1) is 13.9. The van der Waals surface area contributed by atoms with Crippen molar-refractivity contribution < 1.29 is 19.2 Å². The Bertz CT molecular complexity index is 1040. The lowest BCUT2D eigenvalue weighted by Crippen LogP contribution is -2.50. The number of carbonyl (C=O) groups excluding carboxylic acids is 4. The number of fused-ring (bicyclic) bond motifs is 1. The summed E-state index contributed by atoms with van der Waals surface area (Å²) in [5.41, 5.74) is 2.62. The Labute approximate surface area is 172 Å². The molecule has 2 heterocycles. The van der Waals surface area contributed by atoms with Crippen LogP contribution in [0.15, 0.2) is 42.5 Å². The van der Waals surface area contributed by atoms with Crippen LogP contribution in [0, 0.1) is 0 Å². The van der Waals surface area contributed by atoms with Crippen LogP contribution in [0.4, 0.5) is 0 Å². The Morgan fingerprint density at radius 3 is 2.45 bits per heavy atom. The van der Waals surface area contributed by atoms with Crippen LogP contribution in [-0.2, 0) is 22.7 Å². The van der Waals surface area contributed by atoms with Gasteiger partial charge in [-0.05, 0) is 47.9 Å². The number of benzene rings is 2. The molecule has 0 aromatic heterocycles. The molecule has 7 nitrogen and oxygen atoms in total. The van der Waals surface area contributed by atoms with Gasteiger partial charge < -0.3 is 0 Å². The van der Waals surface area contributed by atoms with Crippen molar-refractivity contribution in [3.05, 3.63) is 69.7 Å².